The third-order valence-electron chi connectivity index (χ3n) is 4.58. The lowest BCUT2D eigenvalue weighted by Crippen LogP contribution is -2.39. The van der Waals surface area contributed by atoms with Crippen LogP contribution >= 0.6 is 0 Å². The van der Waals surface area contributed by atoms with Crippen LogP contribution in [0.15, 0.2) is 47.1 Å². The summed E-state index contributed by atoms with van der Waals surface area (Å²) in [4.78, 5) is 22.2. The summed E-state index contributed by atoms with van der Waals surface area (Å²) in [7, 11) is 0. The Labute approximate surface area is 153 Å². The van der Waals surface area contributed by atoms with E-state index in [1.165, 1.54) is 30.5 Å². The minimum absolute atomic E-state index is 0.0854. The summed E-state index contributed by atoms with van der Waals surface area (Å²) in [5.74, 6) is -0.412. The highest BCUT2D eigenvalue weighted by molar-refractivity contribution is 5.94. The van der Waals surface area contributed by atoms with Gasteiger partial charge in [-0.15, -0.1) is 0 Å². The van der Waals surface area contributed by atoms with Crippen LogP contribution < -0.4 is 0 Å². The van der Waals surface area contributed by atoms with Crippen molar-refractivity contribution in [2.45, 2.75) is 18.8 Å². The molecule has 1 amide bonds. The van der Waals surface area contributed by atoms with Gasteiger partial charge in [-0.25, -0.2) is 9.37 Å². The maximum atomic E-state index is 13.1. The molecule has 138 valence electrons. The van der Waals surface area contributed by atoms with E-state index in [9.17, 15) is 13.6 Å². The van der Waals surface area contributed by atoms with E-state index in [2.05, 4.69) is 15.1 Å². The molecule has 0 unspecified atom stereocenters. The normalized spacial score (nSPS) is 17.1. The molecular weight excluding hydrogens is 354 g/mol. The predicted octanol–water partition coefficient (Wildman–Crippen LogP) is 3.43. The summed E-state index contributed by atoms with van der Waals surface area (Å²) in [5, 5.41) is 3.97. The number of rotatable bonds is 3. The number of likely N-dealkylation sites (tertiary alicyclic amines) is 1. The first kappa shape index (κ1) is 17.3. The SMILES string of the molecule is O=C(c1ccc(F)nc1)N1CCC[C@H](c2nc(-c3ccc(F)cc3)no2)C1. The Balaban J connectivity index is 1.49. The highest BCUT2D eigenvalue weighted by Gasteiger charge is 2.29. The fraction of sp³-hybridized carbons (Fsp3) is 0.263. The maximum Gasteiger partial charge on any atom is 0.255 e. The Hall–Kier alpha value is -3.16. The molecule has 0 radical (unpaired) electrons. The van der Waals surface area contributed by atoms with Gasteiger partial charge in [0.1, 0.15) is 5.82 Å². The van der Waals surface area contributed by atoms with Crippen LogP contribution in [0.5, 0.6) is 0 Å². The zero-order valence-corrected chi connectivity index (χ0v) is 14.3. The number of carbonyl (C=O) groups excluding carboxylic acids is 1. The van der Waals surface area contributed by atoms with Gasteiger partial charge in [0.05, 0.1) is 11.5 Å². The van der Waals surface area contributed by atoms with Crippen LogP contribution in [0, 0.1) is 11.8 Å². The number of piperidine rings is 1. The molecule has 1 aliphatic rings. The van der Waals surface area contributed by atoms with Crippen molar-refractivity contribution in [3.8, 4) is 11.4 Å². The van der Waals surface area contributed by atoms with Crippen molar-refractivity contribution in [2.24, 2.45) is 0 Å². The van der Waals surface area contributed by atoms with Gasteiger partial charge in [0.2, 0.25) is 17.7 Å². The summed E-state index contributed by atoms with van der Waals surface area (Å²) < 4.78 is 31.4. The number of halogens is 2. The molecule has 0 saturated carbocycles. The summed E-state index contributed by atoms with van der Waals surface area (Å²) in [6, 6.07) is 8.44. The molecule has 0 bridgehead atoms. The molecule has 0 spiro atoms. The number of carbonyl (C=O) groups is 1. The summed E-state index contributed by atoms with van der Waals surface area (Å²) in [6.45, 7) is 1.03. The lowest BCUT2D eigenvalue weighted by atomic mass is 9.97. The molecular formula is C19H16F2N4O2. The molecule has 1 saturated heterocycles. The summed E-state index contributed by atoms with van der Waals surface area (Å²) in [6.07, 6.45) is 2.84. The van der Waals surface area contributed by atoms with Crippen LogP contribution in [-0.4, -0.2) is 39.0 Å². The average Bonchev–Trinajstić information content (AvgIpc) is 3.19. The minimum Gasteiger partial charge on any atom is -0.339 e. The van der Waals surface area contributed by atoms with E-state index >= 15 is 0 Å². The van der Waals surface area contributed by atoms with E-state index in [4.69, 9.17) is 4.52 Å². The van der Waals surface area contributed by atoms with Gasteiger partial charge < -0.3 is 9.42 Å². The molecule has 0 aliphatic carbocycles. The minimum atomic E-state index is -0.623. The van der Waals surface area contributed by atoms with Crippen LogP contribution in [0.3, 0.4) is 0 Å². The fourth-order valence-electron chi connectivity index (χ4n) is 3.17. The highest BCUT2D eigenvalue weighted by atomic mass is 19.1. The molecule has 27 heavy (non-hydrogen) atoms. The van der Waals surface area contributed by atoms with E-state index in [0.717, 1.165) is 12.8 Å². The second-order valence-electron chi connectivity index (χ2n) is 6.42. The van der Waals surface area contributed by atoms with E-state index in [1.807, 2.05) is 0 Å². The smallest absolute Gasteiger partial charge is 0.255 e. The van der Waals surface area contributed by atoms with Crippen LogP contribution in [0.25, 0.3) is 11.4 Å². The first-order valence-corrected chi connectivity index (χ1v) is 8.60. The highest BCUT2D eigenvalue weighted by Crippen LogP contribution is 2.28. The second-order valence-corrected chi connectivity index (χ2v) is 6.42. The number of nitrogens with zero attached hydrogens (tertiary/aromatic N) is 4. The zero-order valence-electron chi connectivity index (χ0n) is 14.3. The van der Waals surface area contributed by atoms with Crippen molar-refractivity contribution in [3.05, 3.63) is 65.8 Å². The van der Waals surface area contributed by atoms with Gasteiger partial charge in [-0.05, 0) is 49.2 Å². The molecule has 0 N–H and O–H groups in total. The average molecular weight is 370 g/mol. The van der Waals surface area contributed by atoms with E-state index in [1.54, 1.807) is 17.0 Å². The first-order chi connectivity index (χ1) is 13.1. The molecule has 3 heterocycles. The monoisotopic (exact) mass is 370 g/mol. The van der Waals surface area contributed by atoms with Crippen LogP contribution in [-0.2, 0) is 0 Å². The van der Waals surface area contributed by atoms with Gasteiger partial charge in [0.15, 0.2) is 0 Å². The van der Waals surface area contributed by atoms with Crippen LogP contribution in [0.4, 0.5) is 8.78 Å². The molecule has 4 rings (SSSR count). The van der Waals surface area contributed by atoms with Gasteiger partial charge >= 0.3 is 0 Å². The van der Waals surface area contributed by atoms with Crippen molar-refractivity contribution >= 4 is 5.91 Å². The molecule has 1 fully saturated rings. The number of hydrogen-bond donors (Lipinski definition) is 0. The van der Waals surface area contributed by atoms with Crippen molar-refractivity contribution in [2.75, 3.05) is 13.1 Å². The van der Waals surface area contributed by atoms with Crippen molar-refractivity contribution in [1.82, 2.24) is 20.0 Å². The standard InChI is InChI=1S/C19H16F2N4O2/c20-15-6-3-12(4-7-15)17-23-18(27-24-17)14-2-1-9-25(11-14)19(26)13-5-8-16(21)22-10-13/h3-8,10,14H,1-2,9,11H2/t14-/m0/s1. The Morgan fingerprint density at radius 1 is 1.15 bits per heavy atom. The quantitative estimate of drug-likeness (QED) is 0.661. The molecule has 8 heteroatoms. The summed E-state index contributed by atoms with van der Waals surface area (Å²) in [5.41, 5.74) is 1.00. The molecule has 6 nitrogen and oxygen atoms in total. The third kappa shape index (κ3) is 3.69. The van der Waals surface area contributed by atoms with Gasteiger partial charge in [-0.2, -0.15) is 9.37 Å². The van der Waals surface area contributed by atoms with E-state index in [-0.39, 0.29) is 17.6 Å². The topological polar surface area (TPSA) is 72.1 Å². The van der Waals surface area contributed by atoms with Crippen molar-refractivity contribution in [1.29, 1.82) is 0 Å². The largest absolute Gasteiger partial charge is 0.339 e. The van der Waals surface area contributed by atoms with E-state index in [0.29, 0.717) is 35.9 Å². The molecule has 1 aliphatic heterocycles. The Kier molecular flexibility index (Phi) is 4.62. The Morgan fingerprint density at radius 3 is 2.70 bits per heavy atom. The lowest BCUT2D eigenvalue weighted by molar-refractivity contribution is 0.0695. The number of benzene rings is 1. The number of pyridine rings is 1. The molecule has 2 aromatic heterocycles. The van der Waals surface area contributed by atoms with Crippen LogP contribution in [0.2, 0.25) is 0 Å². The number of aromatic nitrogens is 3. The molecule has 3 aromatic rings. The van der Waals surface area contributed by atoms with Gasteiger partial charge in [-0.3, -0.25) is 4.79 Å². The zero-order chi connectivity index (χ0) is 18.8. The Bertz CT molecular complexity index is 941. The molecule has 1 aromatic carbocycles. The summed E-state index contributed by atoms with van der Waals surface area (Å²) >= 11 is 0. The maximum absolute atomic E-state index is 13.1. The number of amides is 1. The lowest BCUT2D eigenvalue weighted by Gasteiger charge is -2.31. The van der Waals surface area contributed by atoms with Crippen molar-refractivity contribution in [3.63, 3.8) is 0 Å². The van der Waals surface area contributed by atoms with Gasteiger partial charge in [0.25, 0.3) is 5.91 Å². The van der Waals surface area contributed by atoms with Crippen LogP contribution in [0.1, 0.15) is 35.0 Å². The molecule has 1 atom stereocenters. The first-order valence-electron chi connectivity index (χ1n) is 8.60. The predicted molar refractivity (Wildman–Crippen MR) is 91.8 cm³/mol. The van der Waals surface area contributed by atoms with Gasteiger partial charge in [0, 0.05) is 24.8 Å². The second kappa shape index (κ2) is 7.22. The van der Waals surface area contributed by atoms with Crippen molar-refractivity contribution < 1.29 is 18.1 Å². The third-order valence-corrected chi connectivity index (χ3v) is 4.58. The van der Waals surface area contributed by atoms with E-state index < -0.39 is 5.95 Å². The fourth-order valence-corrected chi connectivity index (χ4v) is 3.17. The Morgan fingerprint density at radius 2 is 1.96 bits per heavy atom. The van der Waals surface area contributed by atoms with Gasteiger partial charge in [-0.1, -0.05) is 5.16 Å². The number of hydrogen-bond acceptors (Lipinski definition) is 5.